The third-order valence-corrected chi connectivity index (χ3v) is 6.93. The fourth-order valence-corrected chi connectivity index (χ4v) is 4.49. The number of unbranched alkanes of at least 4 members (excludes halogenated alkanes) is 1. The Bertz CT molecular complexity index is 1240. The number of aromatic hydroxyl groups is 1. The van der Waals surface area contributed by atoms with Crippen LogP contribution in [0.25, 0.3) is 0 Å². The maximum atomic E-state index is 13.6. The van der Waals surface area contributed by atoms with Crippen LogP contribution in [0.3, 0.4) is 0 Å². The Hall–Kier alpha value is -4.93. The van der Waals surface area contributed by atoms with Crippen LogP contribution in [0.15, 0.2) is 29.3 Å². The minimum Gasteiger partial charge on any atom is -0.508 e. The molecule has 45 heavy (non-hydrogen) atoms. The number of nitrogens with one attached hydrogen (secondary N) is 5. The Kier molecular flexibility index (Phi) is 14.5. The van der Waals surface area contributed by atoms with Crippen LogP contribution in [0.4, 0.5) is 0 Å². The van der Waals surface area contributed by atoms with Crippen molar-refractivity contribution in [1.29, 1.82) is 0 Å². The van der Waals surface area contributed by atoms with Gasteiger partial charge in [-0.2, -0.15) is 0 Å². The summed E-state index contributed by atoms with van der Waals surface area (Å²) in [4.78, 5) is 82.1. The van der Waals surface area contributed by atoms with Gasteiger partial charge in [-0.3, -0.25) is 33.8 Å². The smallest absolute Gasteiger partial charge is 0.305 e. The lowest BCUT2D eigenvalue weighted by molar-refractivity contribution is -0.141. The van der Waals surface area contributed by atoms with Gasteiger partial charge in [0.25, 0.3) is 0 Å². The van der Waals surface area contributed by atoms with Crippen molar-refractivity contribution < 1.29 is 39.0 Å². The molecule has 0 aliphatic carbocycles. The SMILES string of the molecule is C[C@@H]1NC(=O)[C@H](CCCN=C(N)N)NC(=O)[C@H](CCCCN)NC(=O)[C@@H](Cc2ccc(O)cc2)NC(=O)[C@@H](CC(=O)O)NC1=O. The Labute approximate surface area is 260 Å². The molecule has 1 aliphatic heterocycles. The van der Waals surface area contributed by atoms with E-state index in [0.29, 0.717) is 24.9 Å². The topological polar surface area (TPSA) is 293 Å². The highest BCUT2D eigenvalue weighted by Gasteiger charge is 2.34. The Morgan fingerprint density at radius 3 is 1.84 bits per heavy atom. The number of benzene rings is 1. The lowest BCUT2D eigenvalue weighted by atomic mass is 10.0. The largest absolute Gasteiger partial charge is 0.508 e. The van der Waals surface area contributed by atoms with E-state index in [-0.39, 0.29) is 43.9 Å². The van der Waals surface area contributed by atoms with E-state index in [1.54, 1.807) is 0 Å². The van der Waals surface area contributed by atoms with Gasteiger partial charge in [-0.1, -0.05) is 12.1 Å². The van der Waals surface area contributed by atoms with Crippen LogP contribution in [0, 0.1) is 0 Å². The molecule has 1 heterocycles. The van der Waals surface area contributed by atoms with Gasteiger partial charge in [0.05, 0.1) is 6.42 Å². The molecule has 248 valence electrons. The number of carbonyl (C=O) groups excluding carboxylic acids is 5. The van der Waals surface area contributed by atoms with E-state index >= 15 is 0 Å². The summed E-state index contributed by atoms with van der Waals surface area (Å²) in [6, 6.07) is -0.652. The zero-order valence-electron chi connectivity index (χ0n) is 25.1. The number of aliphatic imine (C=N–C) groups is 1. The maximum absolute atomic E-state index is 13.6. The van der Waals surface area contributed by atoms with Crippen molar-refractivity contribution in [1.82, 2.24) is 26.6 Å². The van der Waals surface area contributed by atoms with Gasteiger partial charge in [0, 0.05) is 13.0 Å². The van der Waals surface area contributed by atoms with Crippen LogP contribution in [0.5, 0.6) is 5.75 Å². The van der Waals surface area contributed by atoms with Gasteiger partial charge in [-0.25, -0.2) is 0 Å². The Morgan fingerprint density at radius 2 is 1.27 bits per heavy atom. The monoisotopic (exact) mass is 633 g/mol. The summed E-state index contributed by atoms with van der Waals surface area (Å²) in [7, 11) is 0. The van der Waals surface area contributed by atoms with E-state index in [9.17, 15) is 39.0 Å². The summed E-state index contributed by atoms with van der Waals surface area (Å²) in [5, 5.41) is 31.6. The van der Waals surface area contributed by atoms with Crippen LogP contribution in [-0.4, -0.2) is 95.0 Å². The zero-order chi connectivity index (χ0) is 33.5. The molecule has 17 nitrogen and oxygen atoms in total. The average molecular weight is 634 g/mol. The molecule has 1 aromatic carbocycles. The second-order valence-electron chi connectivity index (χ2n) is 10.7. The first-order valence-electron chi connectivity index (χ1n) is 14.6. The van der Waals surface area contributed by atoms with E-state index in [1.165, 1.54) is 31.2 Å². The number of phenols is 1. The highest BCUT2D eigenvalue weighted by atomic mass is 16.4. The predicted molar refractivity (Wildman–Crippen MR) is 162 cm³/mol. The van der Waals surface area contributed by atoms with Gasteiger partial charge >= 0.3 is 5.97 Å². The summed E-state index contributed by atoms with van der Waals surface area (Å²) in [6.45, 7) is 1.81. The van der Waals surface area contributed by atoms with E-state index in [1.807, 2.05) is 0 Å². The van der Waals surface area contributed by atoms with Gasteiger partial charge in [-0.15, -0.1) is 0 Å². The third kappa shape index (κ3) is 12.7. The van der Waals surface area contributed by atoms with Crippen molar-refractivity contribution in [3.63, 3.8) is 0 Å². The van der Waals surface area contributed by atoms with Crippen molar-refractivity contribution >= 4 is 41.5 Å². The molecule has 0 unspecified atom stereocenters. The fraction of sp³-hybridized carbons (Fsp3) is 0.536. The summed E-state index contributed by atoms with van der Waals surface area (Å²) >= 11 is 0. The molecule has 1 aromatic rings. The number of carbonyl (C=O) groups is 6. The quantitative estimate of drug-likeness (QED) is 0.0630. The number of hydrogen-bond acceptors (Lipinski definition) is 9. The molecule has 0 spiro atoms. The van der Waals surface area contributed by atoms with Crippen molar-refractivity contribution in [2.45, 2.75) is 82.1 Å². The van der Waals surface area contributed by atoms with Crippen molar-refractivity contribution in [2.75, 3.05) is 13.1 Å². The first-order valence-corrected chi connectivity index (χ1v) is 14.6. The van der Waals surface area contributed by atoms with Gasteiger partial charge in [-0.05, 0) is 63.3 Å². The third-order valence-electron chi connectivity index (χ3n) is 6.93. The number of amides is 5. The molecular formula is C28H43N9O8. The zero-order valence-corrected chi connectivity index (χ0v) is 25.1. The van der Waals surface area contributed by atoms with Crippen LogP contribution < -0.4 is 43.8 Å². The molecule has 13 N–H and O–H groups in total. The molecule has 1 aliphatic rings. The minimum atomic E-state index is -1.61. The van der Waals surface area contributed by atoms with Crippen LogP contribution in [-0.2, 0) is 35.2 Å². The highest BCUT2D eigenvalue weighted by Crippen LogP contribution is 2.13. The van der Waals surface area contributed by atoms with E-state index in [2.05, 4.69) is 31.6 Å². The number of guanidine groups is 1. The Balaban J connectivity index is 2.50. The lowest BCUT2D eigenvalue weighted by Gasteiger charge is -2.26. The number of phenolic OH excluding ortho intramolecular Hbond substituents is 1. The average Bonchev–Trinajstić information content (AvgIpc) is 2.97. The number of nitrogens with zero attached hydrogens (tertiary/aromatic N) is 1. The second-order valence-corrected chi connectivity index (χ2v) is 10.7. The molecule has 17 heteroatoms. The van der Waals surface area contributed by atoms with Crippen molar-refractivity contribution in [2.24, 2.45) is 22.2 Å². The van der Waals surface area contributed by atoms with Gasteiger partial charge in [0.15, 0.2) is 5.96 Å². The number of hydrogen-bond donors (Lipinski definition) is 10. The Morgan fingerprint density at radius 1 is 0.756 bits per heavy atom. The van der Waals surface area contributed by atoms with Crippen molar-refractivity contribution in [3.05, 3.63) is 29.8 Å². The summed E-state index contributed by atoms with van der Waals surface area (Å²) in [6.07, 6.45) is 0.550. The molecule has 5 amide bonds. The standard InChI is InChI=1S/C28H43N9O8/c1-15-23(41)36-21(14-22(39)40)27(45)37-20(13-16-7-9-17(38)10-8-16)26(44)35-18(5-2-3-11-29)25(43)34-19(24(42)33-15)6-4-12-32-28(30)31/h7-10,15,18-21,38H,2-6,11-14,29H2,1H3,(H,33,42)(H,34,43)(H,35,44)(H,36,41)(H,37,45)(H,39,40)(H4,30,31,32)/t15-,18-,19-,20+,21+/m0/s1. The molecule has 0 saturated carbocycles. The minimum absolute atomic E-state index is 0.0275. The van der Waals surface area contributed by atoms with Gasteiger partial charge in [0.1, 0.15) is 36.0 Å². The fourth-order valence-electron chi connectivity index (χ4n) is 4.49. The van der Waals surface area contributed by atoms with Crippen LogP contribution >= 0.6 is 0 Å². The highest BCUT2D eigenvalue weighted by molar-refractivity contribution is 5.98. The maximum Gasteiger partial charge on any atom is 0.305 e. The molecule has 0 bridgehead atoms. The molecule has 1 saturated heterocycles. The first-order chi connectivity index (χ1) is 21.3. The normalized spacial score (nSPS) is 23.2. The van der Waals surface area contributed by atoms with E-state index in [4.69, 9.17) is 17.2 Å². The molecule has 5 atom stereocenters. The van der Waals surface area contributed by atoms with E-state index in [0.717, 1.165) is 0 Å². The van der Waals surface area contributed by atoms with Gasteiger partial charge in [0.2, 0.25) is 29.5 Å². The predicted octanol–water partition coefficient (Wildman–Crippen LogP) is -2.95. The van der Waals surface area contributed by atoms with Crippen LogP contribution in [0.1, 0.15) is 51.0 Å². The molecule has 2 rings (SSSR count). The summed E-state index contributed by atoms with van der Waals surface area (Å²) < 4.78 is 0. The molecular weight excluding hydrogens is 590 g/mol. The summed E-state index contributed by atoms with van der Waals surface area (Å²) in [5.74, 6) is -5.62. The number of carboxylic acid groups (broad SMARTS) is 1. The van der Waals surface area contributed by atoms with Gasteiger partial charge < -0.3 is 54.0 Å². The number of nitrogens with two attached hydrogens (primary N) is 3. The second kappa shape index (κ2) is 18.0. The van der Waals surface area contributed by atoms with Crippen molar-refractivity contribution in [3.8, 4) is 5.75 Å². The molecule has 0 radical (unpaired) electrons. The molecule has 0 aromatic heterocycles. The van der Waals surface area contributed by atoms with Crippen LogP contribution in [0.2, 0.25) is 0 Å². The first kappa shape index (κ1) is 36.3. The summed E-state index contributed by atoms with van der Waals surface area (Å²) in [5.41, 5.74) is 16.9. The molecule has 1 fully saturated rings. The number of rotatable bonds is 12. The van der Waals surface area contributed by atoms with E-state index < -0.39 is 72.1 Å². The number of aliphatic carboxylic acids is 1. The number of carboxylic acids is 1. The lowest BCUT2D eigenvalue weighted by Crippen LogP contribution is -2.58.